The van der Waals surface area contributed by atoms with E-state index in [1.54, 1.807) is 6.92 Å². The lowest BCUT2D eigenvalue weighted by atomic mass is 10.2. The maximum atomic E-state index is 12.1. The molecule has 0 aliphatic heterocycles. The number of carbonyl (C=O) groups is 1. The Morgan fingerprint density at radius 1 is 1.16 bits per heavy atom. The van der Waals surface area contributed by atoms with E-state index in [2.05, 4.69) is 10.2 Å². The molecule has 0 radical (unpaired) electrons. The van der Waals surface area contributed by atoms with Gasteiger partial charge in [-0.25, -0.2) is 4.79 Å². The molecule has 0 saturated heterocycles. The van der Waals surface area contributed by atoms with Crippen molar-refractivity contribution < 1.29 is 18.9 Å². The number of nitro groups is 1. The Bertz CT molecular complexity index is 907. The zero-order valence-corrected chi connectivity index (χ0v) is 13.2. The van der Waals surface area contributed by atoms with Crippen molar-refractivity contribution in [2.45, 2.75) is 13.0 Å². The van der Waals surface area contributed by atoms with E-state index in [-0.39, 0.29) is 17.1 Å². The lowest BCUT2D eigenvalue weighted by molar-refractivity contribution is -0.384. The summed E-state index contributed by atoms with van der Waals surface area (Å²) in [4.78, 5) is 22.3. The first-order valence-corrected chi connectivity index (χ1v) is 7.39. The first kappa shape index (κ1) is 16.3. The number of nitro benzene ring substituents is 1. The summed E-state index contributed by atoms with van der Waals surface area (Å²) in [6.45, 7) is 1.58. The van der Waals surface area contributed by atoms with Gasteiger partial charge in [0.1, 0.15) is 0 Å². The van der Waals surface area contributed by atoms with Crippen LogP contribution in [0, 0.1) is 10.1 Å². The van der Waals surface area contributed by atoms with Gasteiger partial charge in [0.25, 0.3) is 11.6 Å². The third-order valence-corrected chi connectivity index (χ3v) is 3.39. The number of non-ortho nitro benzene ring substituents is 1. The van der Waals surface area contributed by atoms with Crippen LogP contribution in [-0.2, 0) is 4.74 Å². The molecule has 8 nitrogen and oxygen atoms in total. The molecule has 8 heteroatoms. The van der Waals surface area contributed by atoms with Crippen LogP contribution >= 0.6 is 0 Å². The van der Waals surface area contributed by atoms with Crippen molar-refractivity contribution in [1.29, 1.82) is 0 Å². The maximum absolute atomic E-state index is 12.1. The lowest BCUT2D eigenvalue weighted by Gasteiger charge is -2.09. The molecule has 2 aromatic carbocycles. The molecule has 0 amide bonds. The first-order chi connectivity index (χ1) is 12.0. The summed E-state index contributed by atoms with van der Waals surface area (Å²) < 4.78 is 10.8. The fraction of sp³-hybridized carbons (Fsp3) is 0.118. The van der Waals surface area contributed by atoms with Gasteiger partial charge in [-0.3, -0.25) is 10.1 Å². The molecule has 1 unspecified atom stereocenters. The van der Waals surface area contributed by atoms with Gasteiger partial charge in [0.05, 0.1) is 10.5 Å². The molecule has 3 aromatic rings. The van der Waals surface area contributed by atoms with Crippen LogP contribution in [0.15, 0.2) is 59.0 Å². The summed E-state index contributed by atoms with van der Waals surface area (Å²) in [5.74, 6) is -0.262. The molecule has 0 spiro atoms. The Morgan fingerprint density at radius 2 is 1.92 bits per heavy atom. The van der Waals surface area contributed by atoms with E-state index in [1.165, 1.54) is 18.2 Å². The number of aromatic nitrogens is 2. The quantitative estimate of drug-likeness (QED) is 0.397. The highest BCUT2D eigenvalue weighted by Crippen LogP contribution is 2.23. The van der Waals surface area contributed by atoms with E-state index in [4.69, 9.17) is 9.15 Å². The van der Waals surface area contributed by atoms with Crippen LogP contribution in [0.3, 0.4) is 0 Å². The van der Waals surface area contributed by atoms with Gasteiger partial charge in [-0.05, 0) is 25.1 Å². The van der Waals surface area contributed by atoms with E-state index < -0.39 is 17.0 Å². The van der Waals surface area contributed by atoms with Crippen molar-refractivity contribution in [3.8, 4) is 11.5 Å². The number of rotatable bonds is 5. The van der Waals surface area contributed by atoms with Crippen LogP contribution in [0.2, 0.25) is 0 Å². The minimum absolute atomic E-state index is 0.0730. The number of nitrogens with zero attached hydrogens (tertiary/aromatic N) is 3. The molecule has 1 heterocycles. The number of benzene rings is 2. The van der Waals surface area contributed by atoms with Gasteiger partial charge in [-0.2, -0.15) is 0 Å². The van der Waals surface area contributed by atoms with E-state index in [0.717, 1.165) is 11.6 Å². The molecule has 0 aliphatic carbocycles. The molecule has 1 aromatic heterocycles. The average molecular weight is 339 g/mol. The predicted octanol–water partition coefficient (Wildman–Crippen LogP) is 3.56. The first-order valence-electron chi connectivity index (χ1n) is 7.39. The number of hydrogen-bond donors (Lipinski definition) is 0. The summed E-state index contributed by atoms with van der Waals surface area (Å²) in [5.41, 5.74) is 0.633. The van der Waals surface area contributed by atoms with E-state index in [9.17, 15) is 14.9 Å². The number of ether oxygens (including phenoxy) is 1. The summed E-state index contributed by atoms with van der Waals surface area (Å²) >= 11 is 0. The molecular weight excluding hydrogens is 326 g/mol. The number of hydrogen-bond acceptors (Lipinski definition) is 7. The highest BCUT2D eigenvalue weighted by molar-refractivity contribution is 5.90. The second-order valence-corrected chi connectivity index (χ2v) is 5.17. The third kappa shape index (κ3) is 3.69. The van der Waals surface area contributed by atoms with Crippen LogP contribution < -0.4 is 0 Å². The van der Waals surface area contributed by atoms with E-state index >= 15 is 0 Å². The van der Waals surface area contributed by atoms with Gasteiger partial charge in [0.15, 0.2) is 6.10 Å². The smallest absolute Gasteiger partial charge is 0.339 e. The molecule has 0 bridgehead atoms. The Labute approximate surface area is 142 Å². The van der Waals surface area contributed by atoms with Crippen LogP contribution in [0.25, 0.3) is 11.5 Å². The van der Waals surface area contributed by atoms with Crippen molar-refractivity contribution in [2.24, 2.45) is 0 Å². The summed E-state index contributed by atoms with van der Waals surface area (Å²) in [7, 11) is 0. The fourth-order valence-electron chi connectivity index (χ4n) is 2.12. The van der Waals surface area contributed by atoms with Crippen molar-refractivity contribution in [1.82, 2.24) is 10.2 Å². The molecular formula is C17H13N3O5. The summed E-state index contributed by atoms with van der Waals surface area (Å²) in [6.07, 6.45) is -0.795. The van der Waals surface area contributed by atoms with Gasteiger partial charge in [0, 0.05) is 17.7 Å². The molecule has 0 aliphatic rings. The Kier molecular flexibility index (Phi) is 4.51. The highest BCUT2D eigenvalue weighted by Gasteiger charge is 2.21. The minimum atomic E-state index is -0.795. The van der Waals surface area contributed by atoms with Gasteiger partial charge in [-0.15, -0.1) is 10.2 Å². The molecule has 0 fully saturated rings. The normalized spacial score (nSPS) is 11.7. The Hall–Kier alpha value is -3.55. The van der Waals surface area contributed by atoms with Crippen molar-refractivity contribution >= 4 is 11.7 Å². The maximum Gasteiger partial charge on any atom is 0.339 e. The number of carbonyl (C=O) groups excluding carboxylic acids is 1. The van der Waals surface area contributed by atoms with Crippen molar-refractivity contribution in [3.05, 3.63) is 76.2 Å². The van der Waals surface area contributed by atoms with E-state index in [1.807, 2.05) is 30.3 Å². The zero-order valence-electron chi connectivity index (χ0n) is 13.2. The lowest BCUT2D eigenvalue weighted by Crippen LogP contribution is -2.09. The Balaban J connectivity index is 1.73. The molecule has 25 heavy (non-hydrogen) atoms. The van der Waals surface area contributed by atoms with Gasteiger partial charge in [-0.1, -0.05) is 24.3 Å². The van der Waals surface area contributed by atoms with Gasteiger partial charge in [0.2, 0.25) is 5.89 Å². The van der Waals surface area contributed by atoms with Gasteiger partial charge >= 0.3 is 5.97 Å². The zero-order chi connectivity index (χ0) is 17.8. The molecule has 1 atom stereocenters. The van der Waals surface area contributed by atoms with E-state index in [0.29, 0.717) is 5.89 Å². The average Bonchev–Trinajstić information content (AvgIpc) is 3.13. The van der Waals surface area contributed by atoms with Crippen LogP contribution in [0.5, 0.6) is 0 Å². The fourth-order valence-corrected chi connectivity index (χ4v) is 2.12. The molecule has 0 saturated carbocycles. The third-order valence-electron chi connectivity index (χ3n) is 3.39. The second kappa shape index (κ2) is 6.91. The van der Waals surface area contributed by atoms with Crippen molar-refractivity contribution in [3.63, 3.8) is 0 Å². The second-order valence-electron chi connectivity index (χ2n) is 5.17. The van der Waals surface area contributed by atoms with Crippen LogP contribution in [0.4, 0.5) is 5.69 Å². The summed E-state index contributed by atoms with van der Waals surface area (Å²) in [6, 6.07) is 14.5. The molecule has 126 valence electrons. The molecule has 3 rings (SSSR count). The van der Waals surface area contributed by atoms with Gasteiger partial charge < -0.3 is 9.15 Å². The highest BCUT2D eigenvalue weighted by atomic mass is 16.6. The minimum Gasteiger partial charge on any atom is -0.449 e. The van der Waals surface area contributed by atoms with Crippen molar-refractivity contribution in [2.75, 3.05) is 0 Å². The van der Waals surface area contributed by atoms with Crippen LogP contribution in [-0.4, -0.2) is 21.1 Å². The van der Waals surface area contributed by atoms with Crippen LogP contribution in [0.1, 0.15) is 29.3 Å². The standard InChI is InChI=1S/C17H13N3O5/c1-11(15-18-19-16(25-15)12-6-3-2-4-7-12)24-17(21)13-8-5-9-14(10-13)20(22)23/h2-11H,1H3. The Morgan fingerprint density at radius 3 is 2.64 bits per heavy atom. The molecule has 0 N–H and O–H groups in total. The largest absolute Gasteiger partial charge is 0.449 e. The number of esters is 1. The summed E-state index contributed by atoms with van der Waals surface area (Å²) in [5, 5.41) is 18.6. The SMILES string of the molecule is CC(OC(=O)c1cccc([N+](=O)[O-])c1)c1nnc(-c2ccccc2)o1. The topological polar surface area (TPSA) is 108 Å². The monoisotopic (exact) mass is 339 g/mol. The predicted molar refractivity (Wildman–Crippen MR) is 86.7 cm³/mol.